The summed E-state index contributed by atoms with van der Waals surface area (Å²) in [5.74, 6) is 1.47. The molecule has 1 aromatic heterocycles. The molecule has 1 atom stereocenters. The zero-order valence-corrected chi connectivity index (χ0v) is 17.4. The molecule has 29 heavy (non-hydrogen) atoms. The van der Waals surface area contributed by atoms with Gasteiger partial charge in [0.15, 0.2) is 11.5 Å². The van der Waals surface area contributed by atoms with Crippen LogP contribution >= 0.6 is 22.9 Å². The van der Waals surface area contributed by atoms with Gasteiger partial charge >= 0.3 is 0 Å². The summed E-state index contributed by atoms with van der Waals surface area (Å²) in [4.78, 5) is 0. The Hall–Kier alpha value is -2.84. The molecule has 0 spiro atoms. The van der Waals surface area contributed by atoms with Crippen LogP contribution in [0.25, 0.3) is 0 Å². The SMILES string of the molecule is Cc1nnc(N2N=C(c3ccc(N)c(Cl)c3)c3cc4c(cc3C[C@H]2C)OCO4)s1. The number of rotatable bonds is 2. The fraction of sp³-hybridized carbons (Fsp3) is 0.250. The molecule has 2 aromatic carbocycles. The maximum Gasteiger partial charge on any atom is 0.231 e. The van der Waals surface area contributed by atoms with Crippen LogP contribution in [0.4, 0.5) is 10.8 Å². The van der Waals surface area contributed by atoms with Gasteiger partial charge in [-0.1, -0.05) is 29.0 Å². The Labute approximate surface area is 176 Å². The van der Waals surface area contributed by atoms with E-state index in [1.54, 1.807) is 6.07 Å². The summed E-state index contributed by atoms with van der Waals surface area (Å²) in [5, 5.41) is 17.5. The molecule has 0 bridgehead atoms. The van der Waals surface area contributed by atoms with Crippen molar-refractivity contribution in [2.24, 2.45) is 5.10 Å². The van der Waals surface area contributed by atoms with E-state index in [1.807, 2.05) is 36.2 Å². The molecule has 0 unspecified atom stereocenters. The molecule has 7 nitrogen and oxygen atoms in total. The number of aryl methyl sites for hydroxylation is 1. The molecule has 2 aliphatic rings. The summed E-state index contributed by atoms with van der Waals surface area (Å²) in [5.41, 5.74) is 10.2. The van der Waals surface area contributed by atoms with Gasteiger partial charge in [-0.15, -0.1) is 10.2 Å². The van der Waals surface area contributed by atoms with Crippen molar-refractivity contribution in [3.05, 3.63) is 57.1 Å². The van der Waals surface area contributed by atoms with Crippen LogP contribution in [0.2, 0.25) is 5.02 Å². The first-order valence-electron chi connectivity index (χ1n) is 9.16. The molecule has 2 aliphatic heterocycles. The Balaban J connectivity index is 1.72. The van der Waals surface area contributed by atoms with Crippen molar-refractivity contribution in [1.29, 1.82) is 0 Å². The highest BCUT2D eigenvalue weighted by Gasteiger charge is 2.29. The van der Waals surface area contributed by atoms with E-state index in [-0.39, 0.29) is 12.8 Å². The van der Waals surface area contributed by atoms with Gasteiger partial charge in [-0.2, -0.15) is 5.10 Å². The van der Waals surface area contributed by atoms with Crippen molar-refractivity contribution in [2.75, 3.05) is 17.5 Å². The first-order valence-corrected chi connectivity index (χ1v) is 10.4. The van der Waals surface area contributed by atoms with Crippen LogP contribution in [0.5, 0.6) is 11.5 Å². The number of aromatic nitrogens is 2. The predicted molar refractivity (Wildman–Crippen MR) is 114 cm³/mol. The number of hydrazone groups is 1. The number of fused-ring (bicyclic) bond motifs is 2. The van der Waals surface area contributed by atoms with E-state index >= 15 is 0 Å². The number of anilines is 2. The van der Waals surface area contributed by atoms with Crippen LogP contribution in [-0.2, 0) is 6.42 Å². The number of ether oxygens (including phenoxy) is 2. The van der Waals surface area contributed by atoms with Crippen LogP contribution < -0.4 is 20.2 Å². The third kappa shape index (κ3) is 3.18. The highest BCUT2D eigenvalue weighted by Crippen LogP contribution is 2.39. The van der Waals surface area contributed by atoms with Crippen LogP contribution in [-0.4, -0.2) is 28.7 Å². The largest absolute Gasteiger partial charge is 0.454 e. The quantitative estimate of drug-likeness (QED) is 0.622. The lowest BCUT2D eigenvalue weighted by atomic mass is 9.94. The van der Waals surface area contributed by atoms with Gasteiger partial charge < -0.3 is 15.2 Å². The molecular formula is C20H18ClN5O2S. The minimum Gasteiger partial charge on any atom is -0.454 e. The number of nitrogens with two attached hydrogens (primary N) is 1. The molecule has 3 aromatic rings. The zero-order chi connectivity index (χ0) is 20.1. The number of nitrogens with zero attached hydrogens (tertiary/aromatic N) is 4. The minimum absolute atomic E-state index is 0.0724. The summed E-state index contributed by atoms with van der Waals surface area (Å²) >= 11 is 7.83. The summed E-state index contributed by atoms with van der Waals surface area (Å²) in [6.45, 7) is 4.28. The lowest BCUT2D eigenvalue weighted by molar-refractivity contribution is 0.174. The number of halogens is 1. The van der Waals surface area contributed by atoms with Crippen molar-refractivity contribution in [2.45, 2.75) is 26.3 Å². The lowest BCUT2D eigenvalue weighted by Gasteiger charge is -2.21. The molecule has 0 radical (unpaired) electrons. The minimum atomic E-state index is 0.0724. The van der Waals surface area contributed by atoms with Gasteiger partial charge in [0.05, 0.1) is 22.5 Å². The average molecular weight is 428 g/mol. The molecule has 148 valence electrons. The van der Waals surface area contributed by atoms with Crippen LogP contribution in [0.15, 0.2) is 35.4 Å². The molecule has 0 aliphatic carbocycles. The van der Waals surface area contributed by atoms with Gasteiger partial charge in [0.25, 0.3) is 0 Å². The van der Waals surface area contributed by atoms with Gasteiger partial charge in [0.1, 0.15) is 5.01 Å². The highest BCUT2D eigenvalue weighted by atomic mass is 35.5. The van der Waals surface area contributed by atoms with E-state index in [0.29, 0.717) is 16.5 Å². The maximum atomic E-state index is 6.32. The Bertz CT molecular complexity index is 1150. The van der Waals surface area contributed by atoms with Gasteiger partial charge in [-0.05, 0) is 50.1 Å². The second kappa shape index (κ2) is 6.89. The molecule has 0 fully saturated rings. The van der Waals surface area contributed by atoms with Crippen LogP contribution in [0.1, 0.15) is 28.6 Å². The second-order valence-electron chi connectivity index (χ2n) is 7.05. The third-order valence-electron chi connectivity index (χ3n) is 4.98. The van der Waals surface area contributed by atoms with Crippen LogP contribution in [0.3, 0.4) is 0 Å². The van der Waals surface area contributed by atoms with Crippen molar-refractivity contribution in [1.82, 2.24) is 10.2 Å². The van der Waals surface area contributed by atoms with Gasteiger partial charge in [0, 0.05) is 11.1 Å². The van der Waals surface area contributed by atoms with Crippen LogP contribution in [0, 0.1) is 6.92 Å². The second-order valence-corrected chi connectivity index (χ2v) is 8.62. The fourth-order valence-corrected chi connectivity index (χ4v) is 4.46. The zero-order valence-electron chi connectivity index (χ0n) is 15.8. The normalized spacial score (nSPS) is 17.7. The monoisotopic (exact) mass is 427 g/mol. The number of benzene rings is 2. The topological polar surface area (TPSA) is 85.9 Å². The summed E-state index contributed by atoms with van der Waals surface area (Å²) in [6.07, 6.45) is 0.764. The van der Waals surface area contributed by atoms with Crippen molar-refractivity contribution >= 4 is 39.5 Å². The lowest BCUT2D eigenvalue weighted by Crippen LogP contribution is -2.29. The van der Waals surface area contributed by atoms with E-state index in [9.17, 15) is 0 Å². The van der Waals surface area contributed by atoms with E-state index in [0.717, 1.165) is 44.7 Å². The molecule has 0 saturated heterocycles. The summed E-state index contributed by atoms with van der Waals surface area (Å²) in [7, 11) is 0. The molecule has 0 amide bonds. The smallest absolute Gasteiger partial charge is 0.231 e. The molecule has 5 rings (SSSR count). The molecule has 3 heterocycles. The number of hydrogen-bond acceptors (Lipinski definition) is 8. The Morgan fingerprint density at radius 2 is 1.97 bits per heavy atom. The summed E-state index contributed by atoms with van der Waals surface area (Å²) in [6, 6.07) is 9.65. The summed E-state index contributed by atoms with van der Waals surface area (Å²) < 4.78 is 11.2. The first kappa shape index (κ1) is 18.2. The highest BCUT2D eigenvalue weighted by molar-refractivity contribution is 7.15. The van der Waals surface area contributed by atoms with E-state index in [1.165, 1.54) is 11.3 Å². The van der Waals surface area contributed by atoms with Gasteiger partial charge in [0.2, 0.25) is 11.9 Å². The van der Waals surface area contributed by atoms with Crippen molar-refractivity contribution < 1.29 is 9.47 Å². The van der Waals surface area contributed by atoms with Crippen molar-refractivity contribution in [3.8, 4) is 11.5 Å². The van der Waals surface area contributed by atoms with Crippen molar-refractivity contribution in [3.63, 3.8) is 0 Å². The molecule has 9 heteroatoms. The predicted octanol–water partition coefficient (Wildman–Crippen LogP) is 4.01. The molecule has 2 N–H and O–H groups in total. The Morgan fingerprint density at radius 1 is 1.17 bits per heavy atom. The number of nitrogen functional groups attached to an aromatic ring is 1. The Kier molecular flexibility index (Phi) is 4.33. The van der Waals surface area contributed by atoms with Gasteiger partial charge in [-0.25, -0.2) is 5.01 Å². The average Bonchev–Trinajstić information content (AvgIpc) is 3.29. The van der Waals surface area contributed by atoms with E-state index < -0.39 is 0 Å². The molecular weight excluding hydrogens is 410 g/mol. The standard InChI is InChI=1S/C20H18ClN5O2S/c1-10-5-13-7-17-18(28-9-27-17)8-14(13)19(12-3-4-16(22)15(21)6-12)25-26(10)20-24-23-11(2)29-20/h3-4,6-8,10H,5,9,22H2,1-2H3/t10-/m1/s1. The maximum absolute atomic E-state index is 6.32. The van der Waals surface area contributed by atoms with Gasteiger partial charge in [-0.3, -0.25) is 0 Å². The van der Waals surface area contributed by atoms with E-state index in [4.69, 9.17) is 31.9 Å². The fourth-order valence-electron chi connectivity index (χ4n) is 3.54. The Morgan fingerprint density at radius 3 is 2.69 bits per heavy atom. The molecule has 0 saturated carbocycles. The third-order valence-corrected chi connectivity index (χ3v) is 6.14. The number of hydrogen-bond donors (Lipinski definition) is 1. The van der Waals surface area contributed by atoms with E-state index in [2.05, 4.69) is 17.1 Å². The first-order chi connectivity index (χ1) is 14.0.